The van der Waals surface area contributed by atoms with E-state index in [0.29, 0.717) is 17.5 Å². The van der Waals surface area contributed by atoms with Gasteiger partial charge in [0.15, 0.2) is 5.78 Å². The summed E-state index contributed by atoms with van der Waals surface area (Å²) in [6.07, 6.45) is 9.76. The molecule has 25 heavy (non-hydrogen) atoms. The first-order valence-corrected chi connectivity index (χ1v) is 8.80. The van der Waals surface area contributed by atoms with Crippen LogP contribution in [0.4, 0.5) is 5.82 Å². The van der Waals surface area contributed by atoms with Gasteiger partial charge in [0.2, 0.25) is 5.78 Å². The van der Waals surface area contributed by atoms with Crippen LogP contribution in [0.5, 0.6) is 0 Å². The zero-order chi connectivity index (χ0) is 17.2. The van der Waals surface area contributed by atoms with Crippen LogP contribution in [0.3, 0.4) is 0 Å². The van der Waals surface area contributed by atoms with Crippen LogP contribution in [-0.2, 0) is 0 Å². The summed E-state index contributed by atoms with van der Waals surface area (Å²) >= 11 is 0. The molecule has 0 aromatic carbocycles. The Balaban J connectivity index is 1.82. The van der Waals surface area contributed by atoms with E-state index in [1.807, 2.05) is 28.8 Å². The van der Waals surface area contributed by atoms with Crippen LogP contribution in [0.2, 0.25) is 0 Å². The van der Waals surface area contributed by atoms with Crippen molar-refractivity contribution in [3.05, 3.63) is 42.4 Å². The van der Waals surface area contributed by atoms with Gasteiger partial charge in [0.25, 0.3) is 0 Å². The SMILES string of the molecule is CC(=O)c1ccn2c(NC3CCCCC3)c(-c3ccccn3)nc2n1. The molecule has 3 heterocycles. The molecule has 3 aromatic heterocycles. The van der Waals surface area contributed by atoms with Crippen LogP contribution >= 0.6 is 0 Å². The van der Waals surface area contributed by atoms with Crippen LogP contribution < -0.4 is 5.32 Å². The fourth-order valence-corrected chi connectivity index (χ4v) is 3.39. The standard InChI is InChI=1S/C19H21N5O/c1-13(25)15-10-12-24-18(21-14-7-3-2-4-8-14)17(23-19(24)22-15)16-9-5-6-11-20-16/h5-6,9-12,14,21H,2-4,7-8H2,1H3. The number of rotatable bonds is 4. The van der Waals surface area contributed by atoms with Gasteiger partial charge in [0, 0.05) is 25.4 Å². The Morgan fingerprint density at radius 3 is 2.72 bits per heavy atom. The molecule has 0 aliphatic heterocycles. The maximum Gasteiger partial charge on any atom is 0.236 e. The number of Topliss-reactive ketones (excluding diaryl/α,β-unsaturated/α-hetero) is 1. The molecule has 1 fully saturated rings. The lowest BCUT2D eigenvalue weighted by Gasteiger charge is -2.24. The average Bonchev–Trinajstić information content (AvgIpc) is 3.01. The lowest BCUT2D eigenvalue weighted by atomic mass is 9.95. The van der Waals surface area contributed by atoms with Crippen molar-refractivity contribution in [2.75, 3.05) is 5.32 Å². The van der Waals surface area contributed by atoms with Gasteiger partial charge in [0.05, 0.1) is 5.69 Å². The fourth-order valence-electron chi connectivity index (χ4n) is 3.39. The lowest BCUT2D eigenvalue weighted by molar-refractivity contribution is 0.101. The molecular formula is C19H21N5O. The highest BCUT2D eigenvalue weighted by atomic mass is 16.1. The van der Waals surface area contributed by atoms with Crippen molar-refractivity contribution in [1.29, 1.82) is 0 Å². The topological polar surface area (TPSA) is 72.2 Å². The molecule has 1 aliphatic rings. The number of carbonyl (C=O) groups is 1. The van der Waals surface area contributed by atoms with E-state index < -0.39 is 0 Å². The number of nitrogens with zero attached hydrogens (tertiary/aromatic N) is 4. The molecule has 0 atom stereocenters. The summed E-state index contributed by atoms with van der Waals surface area (Å²) in [5, 5.41) is 3.66. The first-order valence-electron chi connectivity index (χ1n) is 8.80. The highest BCUT2D eigenvalue weighted by molar-refractivity contribution is 5.92. The summed E-state index contributed by atoms with van der Waals surface area (Å²) in [5.74, 6) is 1.36. The summed E-state index contributed by atoms with van der Waals surface area (Å²) in [6.45, 7) is 1.52. The number of hydrogen-bond donors (Lipinski definition) is 1. The Morgan fingerprint density at radius 2 is 2.00 bits per heavy atom. The zero-order valence-corrected chi connectivity index (χ0v) is 14.3. The summed E-state index contributed by atoms with van der Waals surface area (Å²) in [6, 6.07) is 7.96. The molecule has 0 saturated heterocycles. The quantitative estimate of drug-likeness (QED) is 0.735. The maximum absolute atomic E-state index is 11.6. The first-order chi connectivity index (χ1) is 12.2. The molecule has 4 rings (SSSR count). The Kier molecular flexibility index (Phi) is 4.17. The van der Waals surface area contributed by atoms with E-state index >= 15 is 0 Å². The van der Waals surface area contributed by atoms with Gasteiger partial charge in [-0.25, -0.2) is 9.97 Å². The van der Waals surface area contributed by atoms with Gasteiger partial charge in [-0.15, -0.1) is 0 Å². The zero-order valence-electron chi connectivity index (χ0n) is 14.3. The van der Waals surface area contributed by atoms with E-state index in [4.69, 9.17) is 0 Å². The largest absolute Gasteiger partial charge is 0.367 e. The Hall–Kier alpha value is -2.76. The molecule has 0 spiro atoms. The average molecular weight is 335 g/mol. The maximum atomic E-state index is 11.6. The number of ketones is 1. The Morgan fingerprint density at radius 1 is 1.16 bits per heavy atom. The second-order valence-corrected chi connectivity index (χ2v) is 6.54. The van der Waals surface area contributed by atoms with Crippen molar-refractivity contribution < 1.29 is 4.79 Å². The third kappa shape index (κ3) is 3.12. The number of aromatic nitrogens is 4. The predicted molar refractivity (Wildman–Crippen MR) is 96.7 cm³/mol. The van der Waals surface area contributed by atoms with Crippen LogP contribution in [-0.4, -0.2) is 31.2 Å². The summed E-state index contributed by atoms with van der Waals surface area (Å²) < 4.78 is 1.92. The first kappa shape index (κ1) is 15.7. The fraction of sp³-hybridized carbons (Fsp3) is 0.368. The van der Waals surface area contributed by atoms with E-state index in [-0.39, 0.29) is 5.78 Å². The molecule has 1 saturated carbocycles. The molecule has 6 nitrogen and oxygen atoms in total. The van der Waals surface area contributed by atoms with Gasteiger partial charge in [-0.1, -0.05) is 25.3 Å². The highest BCUT2D eigenvalue weighted by Crippen LogP contribution is 2.30. The number of hydrogen-bond acceptors (Lipinski definition) is 5. The number of fused-ring (bicyclic) bond motifs is 1. The minimum Gasteiger partial charge on any atom is -0.367 e. The number of carbonyl (C=O) groups excluding carboxylic acids is 1. The normalized spacial score (nSPS) is 15.4. The van der Waals surface area contributed by atoms with Gasteiger partial charge in [0.1, 0.15) is 17.2 Å². The molecule has 6 heteroatoms. The minimum absolute atomic E-state index is 0.0633. The van der Waals surface area contributed by atoms with Crippen LogP contribution in [0.25, 0.3) is 17.2 Å². The van der Waals surface area contributed by atoms with Crippen molar-refractivity contribution in [2.24, 2.45) is 0 Å². The second kappa shape index (κ2) is 6.63. The molecular weight excluding hydrogens is 314 g/mol. The third-order valence-corrected chi connectivity index (χ3v) is 4.71. The second-order valence-electron chi connectivity index (χ2n) is 6.54. The smallest absolute Gasteiger partial charge is 0.236 e. The molecule has 0 radical (unpaired) electrons. The minimum atomic E-state index is -0.0633. The molecule has 0 unspecified atom stereocenters. The summed E-state index contributed by atoms with van der Waals surface area (Å²) in [5.41, 5.74) is 2.00. The van der Waals surface area contributed by atoms with Crippen molar-refractivity contribution in [1.82, 2.24) is 19.4 Å². The summed E-state index contributed by atoms with van der Waals surface area (Å²) in [7, 11) is 0. The molecule has 0 amide bonds. The molecule has 3 aromatic rings. The highest BCUT2D eigenvalue weighted by Gasteiger charge is 2.21. The van der Waals surface area contributed by atoms with Gasteiger partial charge in [-0.3, -0.25) is 14.2 Å². The van der Waals surface area contributed by atoms with Gasteiger partial charge in [-0.05, 0) is 31.0 Å². The molecule has 128 valence electrons. The predicted octanol–water partition coefficient (Wildman–Crippen LogP) is 3.74. The van der Waals surface area contributed by atoms with Crippen molar-refractivity contribution in [3.63, 3.8) is 0 Å². The Labute approximate surface area is 146 Å². The van der Waals surface area contributed by atoms with E-state index in [1.165, 1.54) is 26.2 Å². The number of imidazole rings is 1. The van der Waals surface area contributed by atoms with E-state index in [0.717, 1.165) is 30.0 Å². The number of pyridine rings is 1. The van der Waals surface area contributed by atoms with E-state index in [9.17, 15) is 4.79 Å². The van der Waals surface area contributed by atoms with Crippen molar-refractivity contribution in [2.45, 2.75) is 45.1 Å². The van der Waals surface area contributed by atoms with Crippen LogP contribution in [0, 0.1) is 0 Å². The van der Waals surface area contributed by atoms with Gasteiger partial charge < -0.3 is 5.32 Å². The molecule has 0 bridgehead atoms. The monoisotopic (exact) mass is 335 g/mol. The van der Waals surface area contributed by atoms with E-state index in [2.05, 4.69) is 20.3 Å². The Bertz CT molecular complexity index is 897. The number of nitrogens with one attached hydrogen (secondary N) is 1. The van der Waals surface area contributed by atoms with Crippen LogP contribution in [0.1, 0.15) is 49.5 Å². The number of anilines is 1. The van der Waals surface area contributed by atoms with E-state index in [1.54, 1.807) is 12.3 Å². The summed E-state index contributed by atoms with van der Waals surface area (Å²) in [4.78, 5) is 25.2. The van der Waals surface area contributed by atoms with Gasteiger partial charge in [-0.2, -0.15) is 0 Å². The third-order valence-electron chi connectivity index (χ3n) is 4.71. The van der Waals surface area contributed by atoms with Crippen molar-refractivity contribution >= 4 is 17.4 Å². The van der Waals surface area contributed by atoms with Crippen molar-refractivity contribution in [3.8, 4) is 11.4 Å². The van der Waals surface area contributed by atoms with Gasteiger partial charge >= 0.3 is 0 Å². The molecule has 1 aliphatic carbocycles. The van der Waals surface area contributed by atoms with Crippen LogP contribution in [0.15, 0.2) is 36.7 Å². The lowest BCUT2D eigenvalue weighted by Crippen LogP contribution is -2.23. The molecule has 1 N–H and O–H groups in total.